The molecule has 1 N–H and O–H groups in total. The summed E-state index contributed by atoms with van der Waals surface area (Å²) in [5.41, 5.74) is 0. The fourth-order valence-electron chi connectivity index (χ4n) is 1.77. The molecule has 1 rings (SSSR count). The van der Waals surface area contributed by atoms with Crippen molar-refractivity contribution in [2.24, 2.45) is 17.8 Å². The van der Waals surface area contributed by atoms with Crippen molar-refractivity contribution < 1.29 is 4.74 Å². The van der Waals surface area contributed by atoms with Crippen molar-refractivity contribution in [1.29, 1.82) is 0 Å². The van der Waals surface area contributed by atoms with Gasteiger partial charge in [0, 0.05) is 13.2 Å². The molecule has 0 aliphatic carbocycles. The molecule has 0 radical (unpaired) electrons. The molecule has 0 aromatic carbocycles. The molecule has 2 atom stereocenters. The lowest BCUT2D eigenvalue weighted by molar-refractivity contribution is 0.173. The van der Waals surface area contributed by atoms with Crippen LogP contribution >= 0.6 is 0 Å². The maximum Gasteiger partial charge on any atom is 0.0498 e. The second-order valence-corrected chi connectivity index (χ2v) is 4.65. The summed E-state index contributed by atoms with van der Waals surface area (Å²) in [6.07, 6.45) is 1.25. The molecule has 0 bridgehead atoms. The van der Waals surface area contributed by atoms with Gasteiger partial charge in [-0.3, -0.25) is 0 Å². The first-order valence-corrected chi connectivity index (χ1v) is 5.48. The molecule has 1 heterocycles. The Balaban J connectivity index is 2.06. The van der Waals surface area contributed by atoms with Crippen LogP contribution in [-0.4, -0.2) is 26.3 Å². The number of nitrogens with one attached hydrogen (secondary N) is 1. The van der Waals surface area contributed by atoms with E-state index in [9.17, 15) is 0 Å². The van der Waals surface area contributed by atoms with Gasteiger partial charge in [0.25, 0.3) is 0 Å². The van der Waals surface area contributed by atoms with Crippen molar-refractivity contribution in [3.05, 3.63) is 0 Å². The van der Waals surface area contributed by atoms with Crippen molar-refractivity contribution in [3.63, 3.8) is 0 Å². The molecular weight excluding hydrogens is 162 g/mol. The summed E-state index contributed by atoms with van der Waals surface area (Å²) in [5.74, 6) is 2.31. The molecule has 2 unspecified atom stereocenters. The fraction of sp³-hybridized carbons (Fsp3) is 1.00. The second-order valence-electron chi connectivity index (χ2n) is 4.65. The van der Waals surface area contributed by atoms with Gasteiger partial charge in [-0.05, 0) is 37.3 Å². The van der Waals surface area contributed by atoms with Gasteiger partial charge in [-0.15, -0.1) is 0 Å². The Hall–Kier alpha value is -0.0800. The summed E-state index contributed by atoms with van der Waals surface area (Å²) in [7, 11) is 0. The van der Waals surface area contributed by atoms with Crippen molar-refractivity contribution in [1.82, 2.24) is 5.32 Å². The van der Waals surface area contributed by atoms with Crippen molar-refractivity contribution in [2.75, 3.05) is 26.3 Å². The van der Waals surface area contributed by atoms with E-state index in [1.807, 2.05) is 0 Å². The quantitative estimate of drug-likeness (QED) is 0.706. The zero-order valence-corrected chi connectivity index (χ0v) is 9.18. The fourth-order valence-corrected chi connectivity index (χ4v) is 1.77. The molecule has 0 aromatic heterocycles. The standard InChI is InChI=1S/C11H23NO/c1-9(2)6-12-7-10(3)11-4-5-13-8-11/h9-12H,4-8H2,1-3H3. The monoisotopic (exact) mass is 185 g/mol. The minimum Gasteiger partial charge on any atom is -0.381 e. The van der Waals surface area contributed by atoms with Crippen LogP contribution in [0.1, 0.15) is 27.2 Å². The summed E-state index contributed by atoms with van der Waals surface area (Å²) >= 11 is 0. The van der Waals surface area contributed by atoms with Crippen molar-refractivity contribution in [2.45, 2.75) is 27.2 Å². The molecule has 78 valence electrons. The third-order valence-electron chi connectivity index (χ3n) is 2.79. The van der Waals surface area contributed by atoms with E-state index in [4.69, 9.17) is 4.74 Å². The first kappa shape index (κ1) is 11.0. The predicted octanol–water partition coefficient (Wildman–Crippen LogP) is 1.90. The van der Waals surface area contributed by atoms with E-state index in [0.717, 1.165) is 44.1 Å². The van der Waals surface area contributed by atoms with Gasteiger partial charge in [0.15, 0.2) is 0 Å². The smallest absolute Gasteiger partial charge is 0.0498 e. The Morgan fingerprint density at radius 3 is 2.62 bits per heavy atom. The predicted molar refractivity (Wildman–Crippen MR) is 55.8 cm³/mol. The highest BCUT2D eigenvalue weighted by Gasteiger charge is 2.21. The largest absolute Gasteiger partial charge is 0.381 e. The zero-order chi connectivity index (χ0) is 9.68. The van der Waals surface area contributed by atoms with Gasteiger partial charge in [0.05, 0.1) is 0 Å². The average Bonchev–Trinajstić information content (AvgIpc) is 2.55. The summed E-state index contributed by atoms with van der Waals surface area (Å²) in [6.45, 7) is 11.0. The average molecular weight is 185 g/mol. The molecule has 0 aromatic rings. The first-order chi connectivity index (χ1) is 6.20. The van der Waals surface area contributed by atoms with Crippen LogP contribution < -0.4 is 5.32 Å². The summed E-state index contributed by atoms with van der Waals surface area (Å²) in [4.78, 5) is 0. The minimum absolute atomic E-state index is 0.757. The molecule has 1 aliphatic rings. The molecule has 0 spiro atoms. The van der Waals surface area contributed by atoms with E-state index >= 15 is 0 Å². The third-order valence-corrected chi connectivity index (χ3v) is 2.79. The van der Waals surface area contributed by atoms with Gasteiger partial charge in [-0.2, -0.15) is 0 Å². The molecule has 1 saturated heterocycles. The van der Waals surface area contributed by atoms with Crippen LogP contribution in [0.5, 0.6) is 0 Å². The molecule has 0 amide bonds. The van der Waals surface area contributed by atoms with Crippen molar-refractivity contribution >= 4 is 0 Å². The molecular formula is C11H23NO. The minimum atomic E-state index is 0.757. The van der Waals surface area contributed by atoms with Gasteiger partial charge in [-0.25, -0.2) is 0 Å². The SMILES string of the molecule is CC(C)CNCC(C)C1CCOC1. The maximum absolute atomic E-state index is 5.38. The second kappa shape index (κ2) is 5.61. The lowest BCUT2D eigenvalue weighted by Crippen LogP contribution is -2.29. The molecule has 2 nitrogen and oxygen atoms in total. The highest BCUT2D eigenvalue weighted by Crippen LogP contribution is 2.20. The Kier molecular flexibility index (Phi) is 4.74. The van der Waals surface area contributed by atoms with E-state index in [1.54, 1.807) is 0 Å². The molecule has 1 fully saturated rings. The topological polar surface area (TPSA) is 21.3 Å². The van der Waals surface area contributed by atoms with Gasteiger partial charge in [0.2, 0.25) is 0 Å². The number of hydrogen-bond acceptors (Lipinski definition) is 2. The van der Waals surface area contributed by atoms with E-state index < -0.39 is 0 Å². The zero-order valence-electron chi connectivity index (χ0n) is 9.18. The number of ether oxygens (including phenoxy) is 1. The third kappa shape index (κ3) is 4.10. The Bertz CT molecular complexity index is 130. The molecule has 1 aliphatic heterocycles. The van der Waals surface area contributed by atoms with E-state index in [0.29, 0.717) is 0 Å². The van der Waals surface area contributed by atoms with Crippen LogP contribution in [0, 0.1) is 17.8 Å². The molecule has 2 heteroatoms. The summed E-state index contributed by atoms with van der Waals surface area (Å²) < 4.78 is 5.38. The lowest BCUT2D eigenvalue weighted by atomic mass is 9.93. The summed E-state index contributed by atoms with van der Waals surface area (Å²) in [5, 5.41) is 3.51. The van der Waals surface area contributed by atoms with Crippen LogP contribution in [0.2, 0.25) is 0 Å². The Morgan fingerprint density at radius 2 is 2.08 bits per heavy atom. The molecule has 0 saturated carbocycles. The normalized spacial score (nSPS) is 25.4. The van der Waals surface area contributed by atoms with E-state index in [-0.39, 0.29) is 0 Å². The molecule has 13 heavy (non-hydrogen) atoms. The Morgan fingerprint density at radius 1 is 1.31 bits per heavy atom. The van der Waals surface area contributed by atoms with E-state index in [1.165, 1.54) is 6.42 Å². The van der Waals surface area contributed by atoms with Gasteiger partial charge in [0.1, 0.15) is 0 Å². The van der Waals surface area contributed by atoms with Crippen LogP contribution in [0.25, 0.3) is 0 Å². The summed E-state index contributed by atoms with van der Waals surface area (Å²) in [6, 6.07) is 0. The maximum atomic E-state index is 5.38. The van der Waals surface area contributed by atoms with Crippen LogP contribution in [0.3, 0.4) is 0 Å². The highest BCUT2D eigenvalue weighted by atomic mass is 16.5. The van der Waals surface area contributed by atoms with Crippen LogP contribution in [0.4, 0.5) is 0 Å². The lowest BCUT2D eigenvalue weighted by Gasteiger charge is -2.18. The van der Waals surface area contributed by atoms with Crippen LogP contribution in [-0.2, 0) is 4.74 Å². The number of rotatable bonds is 5. The van der Waals surface area contributed by atoms with Gasteiger partial charge in [-0.1, -0.05) is 20.8 Å². The van der Waals surface area contributed by atoms with E-state index in [2.05, 4.69) is 26.1 Å². The number of hydrogen-bond donors (Lipinski definition) is 1. The highest BCUT2D eigenvalue weighted by molar-refractivity contribution is 4.72. The van der Waals surface area contributed by atoms with Crippen molar-refractivity contribution in [3.8, 4) is 0 Å². The van der Waals surface area contributed by atoms with Crippen LogP contribution in [0.15, 0.2) is 0 Å². The van der Waals surface area contributed by atoms with Gasteiger partial charge >= 0.3 is 0 Å². The first-order valence-electron chi connectivity index (χ1n) is 5.48. The van der Waals surface area contributed by atoms with Gasteiger partial charge < -0.3 is 10.1 Å². The Labute approximate surface area is 82.0 Å².